The van der Waals surface area contributed by atoms with Gasteiger partial charge in [-0.1, -0.05) is 13.8 Å². The van der Waals surface area contributed by atoms with Crippen LogP contribution in [0.4, 0.5) is 26.3 Å². The molecule has 0 radical (unpaired) electrons. The van der Waals surface area contributed by atoms with Gasteiger partial charge in [0.1, 0.15) is 0 Å². The van der Waals surface area contributed by atoms with Crippen molar-refractivity contribution in [2.24, 2.45) is 0 Å². The van der Waals surface area contributed by atoms with Crippen molar-refractivity contribution in [1.29, 1.82) is 0 Å². The van der Waals surface area contributed by atoms with Crippen molar-refractivity contribution in [3.63, 3.8) is 0 Å². The van der Waals surface area contributed by atoms with Crippen LogP contribution >= 0.6 is 0 Å². The summed E-state index contributed by atoms with van der Waals surface area (Å²) in [5.74, 6) is -4.38. The van der Waals surface area contributed by atoms with Gasteiger partial charge >= 0.3 is 24.2 Å². The minimum absolute atomic E-state index is 0.00735. The van der Waals surface area contributed by atoms with Crippen molar-refractivity contribution in [2.45, 2.75) is 76.6 Å². The highest BCUT2D eigenvalue weighted by atomic mass is 28.4. The van der Waals surface area contributed by atoms with E-state index in [4.69, 9.17) is 4.12 Å². The van der Waals surface area contributed by atoms with Gasteiger partial charge in [-0.05, 0) is 39.0 Å². The maximum Gasteiger partial charge on any atom is 0.471 e. The van der Waals surface area contributed by atoms with Crippen LogP contribution in [-0.2, 0) is 13.7 Å². The number of rotatable bonds is 8. The molecule has 2 unspecified atom stereocenters. The molecule has 2 N–H and O–H groups in total. The lowest BCUT2D eigenvalue weighted by atomic mass is 10.4. The molecule has 0 saturated carbocycles. The van der Waals surface area contributed by atoms with Crippen molar-refractivity contribution in [3.05, 3.63) is 0 Å². The molecule has 0 heterocycles. The van der Waals surface area contributed by atoms with Gasteiger partial charge in [-0.2, -0.15) is 26.3 Å². The van der Waals surface area contributed by atoms with Gasteiger partial charge in [0.2, 0.25) is 8.32 Å². The Hall–Kier alpha value is -1.09. The van der Waals surface area contributed by atoms with Gasteiger partial charge in [-0.15, -0.1) is 0 Å². The molecule has 0 aromatic heterocycles. The average Bonchev–Trinajstić information content (AvgIpc) is 2.45. The zero-order valence-electron chi connectivity index (χ0n) is 16.1. The molecule has 0 aliphatic rings. The molecular weight excluding hydrogens is 414 g/mol. The number of hydrogen-bond acceptors (Lipinski definition) is 3. The van der Waals surface area contributed by atoms with Crippen molar-refractivity contribution < 1.29 is 40.0 Å². The molecule has 0 aromatic rings. The average molecular weight is 441 g/mol. The Bertz CT molecular complexity index is 498. The van der Waals surface area contributed by atoms with Gasteiger partial charge in [-0.3, -0.25) is 9.59 Å². The molecule has 0 fully saturated rings. The highest BCUT2D eigenvalue weighted by Gasteiger charge is 2.52. The standard InChI is InChI=1S/C14H26F6N2O3Si2/c1-7-9(21-11(23)13(15,16)17)27(6,25-26(3,4)5)10(8-2)22-12(24)14(18,19)20/h9-10H,7-8H2,1-6H3,(H,21,23)(H,22,24). The van der Waals surface area contributed by atoms with Crippen molar-refractivity contribution >= 4 is 28.4 Å². The Labute approximate surface area is 156 Å². The predicted octanol–water partition coefficient (Wildman–Crippen LogP) is 3.41. The zero-order valence-corrected chi connectivity index (χ0v) is 18.1. The van der Waals surface area contributed by atoms with E-state index in [9.17, 15) is 35.9 Å². The van der Waals surface area contributed by atoms with Gasteiger partial charge in [0.05, 0.1) is 0 Å². The Balaban J connectivity index is 5.97. The Kier molecular flexibility index (Phi) is 8.58. The van der Waals surface area contributed by atoms with Crippen molar-refractivity contribution in [2.75, 3.05) is 0 Å². The summed E-state index contributed by atoms with van der Waals surface area (Å²) in [4.78, 5) is 22.8. The molecular formula is C14H26F6N2O3Si2. The Morgan fingerprint density at radius 3 is 1.30 bits per heavy atom. The first-order valence-electron chi connectivity index (χ1n) is 8.34. The van der Waals surface area contributed by atoms with Crippen LogP contribution in [0.1, 0.15) is 26.7 Å². The molecule has 0 aliphatic carbocycles. The van der Waals surface area contributed by atoms with Crippen molar-refractivity contribution in [3.8, 4) is 0 Å². The van der Waals surface area contributed by atoms with E-state index >= 15 is 0 Å². The third-order valence-corrected chi connectivity index (χ3v) is 11.9. The first-order valence-corrected chi connectivity index (χ1v) is 14.3. The second-order valence-corrected chi connectivity index (χ2v) is 16.1. The number of amides is 2. The lowest BCUT2D eigenvalue weighted by Crippen LogP contribution is -2.71. The number of carbonyl (C=O) groups is 2. The van der Waals surface area contributed by atoms with E-state index in [1.807, 2.05) is 10.6 Å². The zero-order chi connectivity index (χ0) is 21.8. The van der Waals surface area contributed by atoms with E-state index in [-0.39, 0.29) is 12.8 Å². The molecule has 0 saturated heterocycles. The molecule has 0 aromatic carbocycles. The van der Waals surface area contributed by atoms with E-state index in [1.54, 1.807) is 19.6 Å². The van der Waals surface area contributed by atoms with Crippen LogP contribution < -0.4 is 10.6 Å². The first-order chi connectivity index (χ1) is 11.9. The summed E-state index contributed by atoms with van der Waals surface area (Å²) in [6.07, 6.45) is -10.3. The van der Waals surface area contributed by atoms with Crippen LogP contribution in [0.5, 0.6) is 0 Å². The number of halogens is 6. The second-order valence-electron chi connectivity index (χ2n) is 7.26. The number of alkyl halides is 6. The predicted molar refractivity (Wildman–Crippen MR) is 92.6 cm³/mol. The smallest absolute Gasteiger partial charge is 0.453 e. The minimum atomic E-state index is -5.14. The van der Waals surface area contributed by atoms with Crippen LogP contribution in [0.15, 0.2) is 0 Å². The molecule has 2 amide bonds. The second kappa shape index (κ2) is 8.94. The van der Waals surface area contributed by atoms with Crippen molar-refractivity contribution in [1.82, 2.24) is 10.6 Å². The van der Waals surface area contributed by atoms with Gasteiger partial charge in [0.15, 0.2) is 8.32 Å². The monoisotopic (exact) mass is 440 g/mol. The van der Waals surface area contributed by atoms with E-state index in [2.05, 4.69) is 0 Å². The number of carbonyl (C=O) groups excluding carboxylic acids is 2. The number of hydrogen-bond donors (Lipinski definition) is 2. The molecule has 0 rings (SSSR count). The molecule has 0 bridgehead atoms. The molecule has 0 spiro atoms. The molecule has 5 nitrogen and oxygen atoms in total. The summed E-state index contributed by atoms with van der Waals surface area (Å²) in [6, 6.07) is 0. The lowest BCUT2D eigenvalue weighted by Gasteiger charge is -2.45. The highest BCUT2D eigenvalue weighted by Crippen LogP contribution is 2.27. The van der Waals surface area contributed by atoms with Gasteiger partial charge < -0.3 is 14.7 Å². The third-order valence-electron chi connectivity index (χ3n) is 3.85. The maximum absolute atomic E-state index is 12.7. The SMILES string of the molecule is CCC(NC(=O)C(F)(F)F)[Si](C)(O[Si](C)(C)C)C(CC)NC(=O)C(F)(F)F. The fraction of sp³-hybridized carbons (Fsp3) is 0.857. The van der Waals surface area contributed by atoms with Gasteiger partial charge in [-0.25, -0.2) is 0 Å². The van der Waals surface area contributed by atoms with E-state index in [0.29, 0.717) is 0 Å². The van der Waals surface area contributed by atoms with Crippen LogP contribution in [0.3, 0.4) is 0 Å². The summed E-state index contributed by atoms with van der Waals surface area (Å²) in [5, 5.41) is 3.72. The topological polar surface area (TPSA) is 67.4 Å². The lowest BCUT2D eigenvalue weighted by molar-refractivity contribution is -0.174. The Morgan fingerprint density at radius 2 is 1.11 bits per heavy atom. The summed E-state index contributed by atoms with van der Waals surface area (Å²) >= 11 is 0. The third kappa shape index (κ3) is 7.81. The van der Waals surface area contributed by atoms with Crippen LogP contribution in [0.25, 0.3) is 0 Å². The molecule has 13 heteroatoms. The molecule has 160 valence electrons. The summed E-state index contributed by atoms with van der Waals surface area (Å²) in [7, 11) is -5.98. The molecule has 27 heavy (non-hydrogen) atoms. The van der Waals surface area contributed by atoms with Crippen LogP contribution in [0.2, 0.25) is 26.2 Å². The largest absolute Gasteiger partial charge is 0.471 e. The fourth-order valence-corrected chi connectivity index (χ4v) is 12.2. The highest BCUT2D eigenvalue weighted by molar-refractivity contribution is 6.86. The summed E-state index contributed by atoms with van der Waals surface area (Å²) in [6.45, 7) is 9.64. The molecule has 0 aliphatic heterocycles. The van der Waals surface area contributed by atoms with Crippen LogP contribution in [-0.4, -0.2) is 52.1 Å². The van der Waals surface area contributed by atoms with Crippen LogP contribution in [0, 0.1) is 0 Å². The van der Waals surface area contributed by atoms with Gasteiger partial charge in [0, 0.05) is 11.3 Å². The summed E-state index contributed by atoms with van der Waals surface area (Å²) < 4.78 is 82.1. The quantitative estimate of drug-likeness (QED) is 0.449. The molecule has 2 atom stereocenters. The first kappa shape index (κ1) is 25.9. The normalized spacial score (nSPS) is 17.6. The van der Waals surface area contributed by atoms with E-state index in [1.165, 1.54) is 20.4 Å². The fourth-order valence-electron chi connectivity index (χ4n) is 2.83. The maximum atomic E-state index is 12.7. The Morgan fingerprint density at radius 1 is 0.815 bits per heavy atom. The summed E-state index contributed by atoms with van der Waals surface area (Å²) in [5.41, 5.74) is -2.28. The van der Waals surface area contributed by atoms with E-state index < -0.39 is 52.1 Å². The van der Waals surface area contributed by atoms with E-state index in [0.717, 1.165) is 0 Å². The number of nitrogens with one attached hydrogen (secondary N) is 2. The minimum Gasteiger partial charge on any atom is -0.453 e. The van der Waals surface area contributed by atoms with Gasteiger partial charge in [0.25, 0.3) is 0 Å².